The van der Waals surface area contributed by atoms with E-state index in [0.717, 1.165) is 11.8 Å². The smallest absolute Gasteiger partial charge is 0.0276 e. The van der Waals surface area contributed by atoms with Gasteiger partial charge in [0, 0.05) is 10.8 Å². The van der Waals surface area contributed by atoms with Gasteiger partial charge in [-0.05, 0) is 18.8 Å². The van der Waals surface area contributed by atoms with Crippen molar-refractivity contribution in [2.24, 2.45) is 22.7 Å². The Balaban J connectivity index is 2.33. The molecule has 0 saturated heterocycles. The Morgan fingerprint density at radius 3 is 2.33 bits per heavy atom. The van der Waals surface area contributed by atoms with Crippen LogP contribution < -0.4 is 0 Å². The van der Waals surface area contributed by atoms with Gasteiger partial charge in [0.25, 0.3) is 0 Å². The second-order valence-corrected chi connectivity index (χ2v) is 4.85. The van der Waals surface area contributed by atoms with Gasteiger partial charge in [-0.2, -0.15) is 0 Å². The Hall–Kier alpha value is -0.780. The van der Waals surface area contributed by atoms with Gasteiger partial charge in [-0.1, -0.05) is 43.4 Å². The molecule has 4 atom stereocenters. The molecule has 4 bridgehead atoms. The van der Waals surface area contributed by atoms with E-state index in [9.17, 15) is 0 Å². The van der Waals surface area contributed by atoms with Gasteiger partial charge in [-0.25, -0.2) is 0 Å². The molecule has 0 aromatic carbocycles. The monoisotopic (exact) mass is 158 g/mol. The summed E-state index contributed by atoms with van der Waals surface area (Å²) in [5.41, 5.74) is 3.33. The molecule has 4 aliphatic rings. The molecule has 2 saturated carbocycles. The first-order valence-corrected chi connectivity index (χ1v) is 4.61. The van der Waals surface area contributed by atoms with Crippen LogP contribution in [0.4, 0.5) is 0 Å². The van der Waals surface area contributed by atoms with Crippen molar-refractivity contribution in [1.82, 2.24) is 0 Å². The van der Waals surface area contributed by atoms with Crippen molar-refractivity contribution in [2.75, 3.05) is 0 Å². The summed E-state index contributed by atoms with van der Waals surface area (Å²) in [5, 5.41) is 0. The minimum Gasteiger partial charge on any atom is -0.0983 e. The second kappa shape index (κ2) is 1.37. The predicted octanol–water partition coefficient (Wildman–Crippen LogP) is 2.94. The van der Waals surface area contributed by atoms with Crippen LogP contribution >= 0.6 is 0 Å². The third-order valence-corrected chi connectivity index (χ3v) is 4.55. The van der Waals surface area contributed by atoms with Crippen molar-refractivity contribution in [2.45, 2.75) is 13.8 Å². The van der Waals surface area contributed by atoms with E-state index in [1.165, 1.54) is 11.1 Å². The molecule has 0 aromatic heterocycles. The number of rotatable bonds is 0. The largest absolute Gasteiger partial charge is 0.0983 e. The zero-order valence-corrected chi connectivity index (χ0v) is 7.72. The van der Waals surface area contributed by atoms with Crippen LogP contribution in [-0.4, -0.2) is 0 Å². The lowest BCUT2D eigenvalue weighted by molar-refractivity contribution is 0.503. The molecule has 0 heterocycles. The summed E-state index contributed by atoms with van der Waals surface area (Å²) in [6.07, 6.45) is 4.67. The van der Waals surface area contributed by atoms with Crippen LogP contribution in [-0.2, 0) is 0 Å². The molecule has 4 rings (SSSR count). The molecular weight excluding hydrogens is 144 g/mol. The van der Waals surface area contributed by atoms with Crippen molar-refractivity contribution in [3.05, 3.63) is 36.5 Å². The maximum Gasteiger partial charge on any atom is 0.0276 e. The standard InChI is InChI=1S/C12H14/c1-7-10-9-5-6-11(7,3)8(2)12(9,10)4/h5-6,9-10H,1-2H2,3-4H3. The van der Waals surface area contributed by atoms with E-state index in [0.29, 0.717) is 5.41 Å². The Morgan fingerprint density at radius 1 is 1.33 bits per heavy atom. The molecule has 0 N–H and O–H groups in total. The summed E-state index contributed by atoms with van der Waals surface area (Å²) in [7, 11) is 0. The molecule has 12 heavy (non-hydrogen) atoms. The molecule has 0 spiro atoms. The molecule has 0 aliphatic heterocycles. The average Bonchev–Trinajstić information content (AvgIpc) is 2.61. The molecule has 4 aliphatic carbocycles. The van der Waals surface area contributed by atoms with Crippen LogP contribution in [0.15, 0.2) is 36.5 Å². The molecule has 0 radical (unpaired) electrons. The van der Waals surface area contributed by atoms with Crippen LogP contribution in [0.1, 0.15) is 13.8 Å². The molecule has 0 heteroatoms. The first-order chi connectivity index (χ1) is 5.53. The number of allylic oxidation sites excluding steroid dienone is 4. The minimum absolute atomic E-state index is 0.133. The zero-order chi connectivity index (χ0) is 8.72. The second-order valence-electron chi connectivity index (χ2n) is 4.85. The predicted molar refractivity (Wildman–Crippen MR) is 50.6 cm³/mol. The van der Waals surface area contributed by atoms with Crippen molar-refractivity contribution in [1.29, 1.82) is 0 Å². The normalized spacial score (nSPS) is 59.5. The highest BCUT2D eigenvalue weighted by atomic mass is 14.8. The van der Waals surface area contributed by atoms with Crippen LogP contribution in [0.3, 0.4) is 0 Å². The molecule has 0 aromatic rings. The fraction of sp³-hybridized carbons (Fsp3) is 0.500. The Labute approximate surface area is 73.7 Å². The van der Waals surface area contributed by atoms with Gasteiger partial charge in [0.05, 0.1) is 0 Å². The first-order valence-electron chi connectivity index (χ1n) is 4.61. The molecule has 62 valence electrons. The maximum atomic E-state index is 4.24. The van der Waals surface area contributed by atoms with Gasteiger partial charge in [0.2, 0.25) is 0 Å². The van der Waals surface area contributed by atoms with Crippen LogP contribution in [0.2, 0.25) is 0 Å². The summed E-state index contributed by atoms with van der Waals surface area (Å²) in [4.78, 5) is 0. The lowest BCUT2D eigenvalue weighted by Crippen LogP contribution is -2.23. The zero-order valence-electron chi connectivity index (χ0n) is 7.72. The van der Waals surface area contributed by atoms with Crippen molar-refractivity contribution in [3.8, 4) is 0 Å². The van der Waals surface area contributed by atoms with Gasteiger partial charge in [-0.3, -0.25) is 0 Å². The lowest BCUT2D eigenvalue weighted by atomic mass is 9.70. The molecule has 4 unspecified atom stereocenters. The summed E-state index contributed by atoms with van der Waals surface area (Å²) >= 11 is 0. The van der Waals surface area contributed by atoms with Crippen LogP contribution in [0.25, 0.3) is 0 Å². The third-order valence-electron chi connectivity index (χ3n) is 4.55. The average molecular weight is 158 g/mol. The quantitative estimate of drug-likeness (QED) is 0.475. The summed E-state index contributed by atoms with van der Waals surface area (Å²) in [6, 6.07) is 0. The molecular formula is C12H14. The highest BCUT2D eigenvalue weighted by Gasteiger charge is 2.73. The maximum absolute atomic E-state index is 4.24. The first kappa shape index (κ1) is 6.71. The fourth-order valence-electron chi connectivity index (χ4n) is 3.40. The van der Waals surface area contributed by atoms with E-state index in [4.69, 9.17) is 0 Å². The third kappa shape index (κ3) is 0.367. The van der Waals surface area contributed by atoms with Gasteiger partial charge in [0.1, 0.15) is 0 Å². The fourth-order valence-corrected chi connectivity index (χ4v) is 3.40. The van der Waals surface area contributed by atoms with E-state index >= 15 is 0 Å². The van der Waals surface area contributed by atoms with Crippen LogP contribution in [0.5, 0.6) is 0 Å². The topological polar surface area (TPSA) is 0 Å². The van der Waals surface area contributed by atoms with Crippen LogP contribution in [0, 0.1) is 22.7 Å². The number of hydrogen-bond donors (Lipinski definition) is 0. The van der Waals surface area contributed by atoms with E-state index in [2.05, 4.69) is 39.2 Å². The van der Waals surface area contributed by atoms with E-state index in [1.54, 1.807) is 0 Å². The van der Waals surface area contributed by atoms with E-state index in [-0.39, 0.29) is 5.41 Å². The Bertz CT molecular complexity index is 347. The summed E-state index contributed by atoms with van der Waals surface area (Å²) < 4.78 is 0. The summed E-state index contributed by atoms with van der Waals surface area (Å²) in [5.74, 6) is 1.46. The Morgan fingerprint density at radius 2 is 2.00 bits per heavy atom. The van der Waals surface area contributed by atoms with Crippen molar-refractivity contribution >= 4 is 0 Å². The van der Waals surface area contributed by atoms with Gasteiger partial charge >= 0.3 is 0 Å². The SMILES string of the molecule is C=C1C2C3C=CC1(C)C(=C)C32C. The lowest BCUT2D eigenvalue weighted by Gasteiger charge is -2.33. The van der Waals surface area contributed by atoms with E-state index in [1.807, 2.05) is 0 Å². The molecule has 2 fully saturated rings. The molecule has 0 nitrogen and oxygen atoms in total. The van der Waals surface area contributed by atoms with Crippen molar-refractivity contribution in [3.63, 3.8) is 0 Å². The summed E-state index contributed by atoms with van der Waals surface area (Å²) in [6.45, 7) is 13.0. The number of hydrogen-bond acceptors (Lipinski definition) is 0. The highest BCUT2D eigenvalue weighted by molar-refractivity contribution is 5.59. The highest BCUT2D eigenvalue weighted by Crippen LogP contribution is 2.80. The van der Waals surface area contributed by atoms with Crippen molar-refractivity contribution < 1.29 is 0 Å². The van der Waals surface area contributed by atoms with Gasteiger partial charge < -0.3 is 0 Å². The minimum atomic E-state index is 0.133. The Kier molecular flexibility index (Phi) is 0.763. The van der Waals surface area contributed by atoms with Gasteiger partial charge in [0.15, 0.2) is 0 Å². The van der Waals surface area contributed by atoms with Gasteiger partial charge in [-0.15, -0.1) is 0 Å². The van der Waals surface area contributed by atoms with E-state index < -0.39 is 0 Å². The molecule has 0 amide bonds.